The first kappa shape index (κ1) is 15.8. The van der Waals surface area contributed by atoms with Crippen LogP contribution in [0.3, 0.4) is 0 Å². The molecule has 106 valence electrons. The van der Waals surface area contributed by atoms with Crippen molar-refractivity contribution in [3.63, 3.8) is 0 Å². The molecule has 0 spiro atoms. The Hall–Kier alpha value is -1.27. The van der Waals surface area contributed by atoms with Gasteiger partial charge in [-0.3, -0.25) is 4.79 Å². The monoisotopic (exact) mass is 294 g/mol. The van der Waals surface area contributed by atoms with Crippen LogP contribution in [0.2, 0.25) is 5.02 Å². The lowest BCUT2D eigenvalue weighted by Gasteiger charge is -2.16. The summed E-state index contributed by atoms with van der Waals surface area (Å²) in [6.45, 7) is 1.90. The fraction of sp³-hybridized carbons (Fsp3) is 0.417. The van der Waals surface area contributed by atoms with Gasteiger partial charge in [-0.2, -0.15) is 13.2 Å². The van der Waals surface area contributed by atoms with Crippen LogP contribution in [0.5, 0.6) is 0 Å². The lowest BCUT2D eigenvalue weighted by atomic mass is 10.1. The van der Waals surface area contributed by atoms with Crippen LogP contribution in [0.25, 0.3) is 0 Å². The first-order valence-corrected chi connectivity index (χ1v) is 6.01. The van der Waals surface area contributed by atoms with Gasteiger partial charge in [-0.25, -0.2) is 0 Å². The molecule has 0 radical (unpaired) electrons. The van der Waals surface area contributed by atoms with Crippen LogP contribution in [0.1, 0.15) is 18.9 Å². The van der Waals surface area contributed by atoms with Gasteiger partial charge in [0.25, 0.3) is 0 Å². The summed E-state index contributed by atoms with van der Waals surface area (Å²) in [5.41, 5.74) is 4.04. The first-order chi connectivity index (χ1) is 8.75. The molecule has 0 aliphatic carbocycles. The number of halogens is 4. The molecule has 0 aromatic heterocycles. The Morgan fingerprint density at radius 2 is 2.11 bits per heavy atom. The molecule has 1 aromatic rings. The summed E-state index contributed by atoms with van der Waals surface area (Å²) >= 11 is 5.54. The number of nitrogens with one attached hydrogen (secondary N) is 1. The SMILES string of the molecule is CC(CCN)C(=O)Nc1ccc(Cl)cc1C(F)(F)F. The maximum Gasteiger partial charge on any atom is 0.418 e. The van der Waals surface area contributed by atoms with E-state index >= 15 is 0 Å². The Morgan fingerprint density at radius 1 is 1.47 bits per heavy atom. The fourth-order valence-corrected chi connectivity index (χ4v) is 1.67. The van der Waals surface area contributed by atoms with Gasteiger partial charge in [-0.1, -0.05) is 18.5 Å². The molecule has 1 aromatic carbocycles. The van der Waals surface area contributed by atoms with E-state index in [-0.39, 0.29) is 10.7 Å². The van der Waals surface area contributed by atoms with E-state index in [1.807, 2.05) is 0 Å². The molecule has 0 fully saturated rings. The molecule has 1 atom stereocenters. The van der Waals surface area contributed by atoms with Crippen molar-refractivity contribution in [2.45, 2.75) is 19.5 Å². The Balaban J connectivity index is 2.98. The van der Waals surface area contributed by atoms with Crippen LogP contribution < -0.4 is 11.1 Å². The third-order valence-electron chi connectivity index (χ3n) is 2.59. The molecule has 3 N–H and O–H groups in total. The van der Waals surface area contributed by atoms with Crippen LogP contribution in [-0.2, 0) is 11.0 Å². The van der Waals surface area contributed by atoms with Crippen LogP contribution in [0.4, 0.5) is 18.9 Å². The number of anilines is 1. The van der Waals surface area contributed by atoms with Crippen molar-refractivity contribution in [2.75, 3.05) is 11.9 Å². The molecule has 1 rings (SSSR count). The number of rotatable bonds is 4. The Morgan fingerprint density at radius 3 is 2.63 bits per heavy atom. The van der Waals surface area contributed by atoms with E-state index in [0.717, 1.165) is 12.1 Å². The summed E-state index contributed by atoms with van der Waals surface area (Å²) in [5, 5.41) is 2.21. The zero-order chi connectivity index (χ0) is 14.6. The highest BCUT2D eigenvalue weighted by Gasteiger charge is 2.34. The molecular weight excluding hydrogens is 281 g/mol. The predicted octanol–water partition coefficient (Wildman–Crippen LogP) is 3.28. The third-order valence-corrected chi connectivity index (χ3v) is 2.83. The topological polar surface area (TPSA) is 55.1 Å². The number of hydrogen-bond donors (Lipinski definition) is 2. The minimum atomic E-state index is -4.58. The largest absolute Gasteiger partial charge is 0.418 e. The van der Waals surface area contributed by atoms with E-state index in [1.165, 1.54) is 6.07 Å². The second-order valence-corrected chi connectivity index (χ2v) is 4.59. The van der Waals surface area contributed by atoms with Crippen LogP contribution in [0.15, 0.2) is 18.2 Å². The molecule has 0 bridgehead atoms. The van der Waals surface area contributed by atoms with Gasteiger partial charge in [0.2, 0.25) is 5.91 Å². The fourth-order valence-electron chi connectivity index (χ4n) is 1.50. The number of amides is 1. The molecule has 0 aliphatic heterocycles. The molecule has 0 saturated heterocycles. The first-order valence-electron chi connectivity index (χ1n) is 5.63. The van der Waals surface area contributed by atoms with Crippen molar-refractivity contribution in [3.05, 3.63) is 28.8 Å². The molecule has 7 heteroatoms. The average Bonchev–Trinajstić information content (AvgIpc) is 2.30. The summed E-state index contributed by atoms with van der Waals surface area (Å²) in [6.07, 6.45) is -4.18. The zero-order valence-electron chi connectivity index (χ0n) is 10.2. The van der Waals surface area contributed by atoms with Gasteiger partial charge in [0, 0.05) is 10.9 Å². The van der Waals surface area contributed by atoms with E-state index in [4.69, 9.17) is 17.3 Å². The smallest absolute Gasteiger partial charge is 0.330 e. The van der Waals surface area contributed by atoms with E-state index in [9.17, 15) is 18.0 Å². The van der Waals surface area contributed by atoms with E-state index in [2.05, 4.69) is 5.32 Å². The number of hydrogen-bond acceptors (Lipinski definition) is 2. The molecule has 1 amide bonds. The van der Waals surface area contributed by atoms with Crippen molar-refractivity contribution in [2.24, 2.45) is 11.7 Å². The second-order valence-electron chi connectivity index (χ2n) is 4.16. The molecule has 1 unspecified atom stereocenters. The summed E-state index contributed by atoms with van der Waals surface area (Å²) in [6, 6.07) is 3.21. The normalized spacial score (nSPS) is 13.2. The summed E-state index contributed by atoms with van der Waals surface area (Å²) in [4.78, 5) is 11.7. The Bertz CT molecular complexity index is 463. The van der Waals surface area contributed by atoms with Crippen LogP contribution in [0, 0.1) is 5.92 Å². The van der Waals surface area contributed by atoms with Gasteiger partial charge in [0.15, 0.2) is 0 Å². The minimum absolute atomic E-state index is 0.0414. The van der Waals surface area contributed by atoms with Gasteiger partial charge in [0.1, 0.15) is 0 Å². The van der Waals surface area contributed by atoms with Gasteiger partial charge >= 0.3 is 6.18 Å². The number of carbonyl (C=O) groups is 1. The maximum atomic E-state index is 12.8. The second kappa shape index (κ2) is 6.25. The van der Waals surface area contributed by atoms with E-state index < -0.39 is 23.6 Å². The van der Waals surface area contributed by atoms with Crippen molar-refractivity contribution >= 4 is 23.2 Å². The highest BCUT2D eigenvalue weighted by Crippen LogP contribution is 2.36. The quantitative estimate of drug-likeness (QED) is 0.895. The van der Waals surface area contributed by atoms with E-state index in [1.54, 1.807) is 6.92 Å². The molecule has 3 nitrogen and oxygen atoms in total. The van der Waals surface area contributed by atoms with Gasteiger partial charge in [-0.05, 0) is 31.2 Å². The van der Waals surface area contributed by atoms with Crippen LogP contribution >= 0.6 is 11.6 Å². The highest BCUT2D eigenvalue weighted by atomic mass is 35.5. The highest BCUT2D eigenvalue weighted by molar-refractivity contribution is 6.30. The third kappa shape index (κ3) is 4.40. The van der Waals surface area contributed by atoms with Gasteiger partial charge < -0.3 is 11.1 Å². The summed E-state index contributed by atoms with van der Waals surface area (Å²) in [7, 11) is 0. The zero-order valence-corrected chi connectivity index (χ0v) is 11.0. The Kier molecular flexibility index (Phi) is 5.20. The number of nitrogens with two attached hydrogens (primary N) is 1. The molecule has 19 heavy (non-hydrogen) atoms. The maximum absolute atomic E-state index is 12.8. The van der Waals surface area contributed by atoms with Crippen molar-refractivity contribution in [3.8, 4) is 0 Å². The molecule has 0 heterocycles. The number of carbonyl (C=O) groups excluding carboxylic acids is 1. The summed E-state index contributed by atoms with van der Waals surface area (Å²) in [5.74, 6) is -0.958. The number of benzene rings is 1. The number of alkyl halides is 3. The molecule has 0 aliphatic rings. The Labute approximate surface area is 113 Å². The lowest BCUT2D eigenvalue weighted by Crippen LogP contribution is -2.24. The predicted molar refractivity (Wildman–Crippen MR) is 67.9 cm³/mol. The lowest BCUT2D eigenvalue weighted by molar-refractivity contribution is -0.137. The van der Waals surface area contributed by atoms with Gasteiger partial charge in [0.05, 0.1) is 11.3 Å². The van der Waals surface area contributed by atoms with Crippen molar-refractivity contribution in [1.82, 2.24) is 0 Å². The molecular formula is C12H14ClF3N2O. The van der Waals surface area contributed by atoms with Gasteiger partial charge in [-0.15, -0.1) is 0 Å². The summed E-state index contributed by atoms with van der Waals surface area (Å²) < 4.78 is 38.4. The minimum Gasteiger partial charge on any atom is -0.330 e. The van der Waals surface area contributed by atoms with Crippen molar-refractivity contribution < 1.29 is 18.0 Å². The van der Waals surface area contributed by atoms with Crippen molar-refractivity contribution in [1.29, 1.82) is 0 Å². The average molecular weight is 295 g/mol. The van der Waals surface area contributed by atoms with E-state index in [0.29, 0.717) is 13.0 Å². The molecule has 0 saturated carbocycles. The standard InChI is InChI=1S/C12H14ClF3N2O/c1-7(4-5-17)11(19)18-10-3-2-8(13)6-9(10)12(14,15)16/h2-3,6-7H,4-5,17H2,1H3,(H,18,19). The van der Waals surface area contributed by atoms with Crippen LogP contribution in [-0.4, -0.2) is 12.5 Å².